The minimum absolute atomic E-state index is 0.106. The molecular formula is C24H29N7O4. The molecule has 2 unspecified atom stereocenters. The number of pyridine rings is 1. The Morgan fingerprint density at radius 2 is 2.11 bits per heavy atom. The van der Waals surface area contributed by atoms with Crippen molar-refractivity contribution < 1.29 is 14.3 Å². The molecule has 0 bridgehead atoms. The second kappa shape index (κ2) is 8.35. The number of nitrogens with one attached hydrogen (secondary N) is 1. The monoisotopic (exact) mass is 479 g/mol. The number of ether oxygens (including phenoxy) is 2. The average molecular weight is 480 g/mol. The third-order valence-electron chi connectivity index (χ3n) is 7.78. The number of fused-ring (bicyclic) bond motifs is 2. The topological polar surface area (TPSA) is 129 Å². The first kappa shape index (κ1) is 22.1. The fraction of sp³-hybridized carbons (Fsp3) is 0.500. The zero-order valence-electron chi connectivity index (χ0n) is 19.8. The van der Waals surface area contributed by atoms with E-state index in [0.717, 1.165) is 25.1 Å². The Labute approximate surface area is 201 Å². The summed E-state index contributed by atoms with van der Waals surface area (Å²) in [4.78, 5) is 32.1. The number of primary amides is 1. The highest BCUT2D eigenvalue weighted by atomic mass is 16.5. The van der Waals surface area contributed by atoms with Gasteiger partial charge < -0.3 is 30.0 Å². The molecule has 4 atom stereocenters. The van der Waals surface area contributed by atoms with Gasteiger partial charge in [0.15, 0.2) is 5.65 Å². The van der Waals surface area contributed by atoms with E-state index in [0.29, 0.717) is 42.2 Å². The quantitative estimate of drug-likeness (QED) is 0.522. The molecule has 1 amide bonds. The summed E-state index contributed by atoms with van der Waals surface area (Å²) < 4.78 is 14.4. The Balaban J connectivity index is 1.37. The maximum atomic E-state index is 13.3. The van der Waals surface area contributed by atoms with Crippen LogP contribution in [0.4, 0.5) is 17.3 Å². The van der Waals surface area contributed by atoms with Crippen molar-refractivity contribution in [3.8, 4) is 0 Å². The predicted octanol–water partition coefficient (Wildman–Crippen LogP) is 1.55. The Hall–Kier alpha value is -3.44. The minimum Gasteiger partial charge on any atom is -0.381 e. The van der Waals surface area contributed by atoms with Crippen LogP contribution in [0.3, 0.4) is 0 Å². The third-order valence-corrected chi connectivity index (χ3v) is 7.78. The third kappa shape index (κ3) is 3.66. The van der Waals surface area contributed by atoms with E-state index >= 15 is 0 Å². The van der Waals surface area contributed by atoms with E-state index in [-0.39, 0.29) is 29.3 Å². The van der Waals surface area contributed by atoms with Gasteiger partial charge in [-0.2, -0.15) is 9.61 Å². The van der Waals surface area contributed by atoms with Gasteiger partial charge in [0.2, 0.25) is 0 Å². The predicted molar refractivity (Wildman–Crippen MR) is 129 cm³/mol. The summed E-state index contributed by atoms with van der Waals surface area (Å²) in [5, 5.41) is 7.58. The number of hydrogen-bond acceptors (Lipinski definition) is 8. The molecule has 1 aliphatic heterocycles. The van der Waals surface area contributed by atoms with E-state index in [1.54, 1.807) is 22.3 Å². The van der Waals surface area contributed by atoms with Gasteiger partial charge in [-0.05, 0) is 31.4 Å². The van der Waals surface area contributed by atoms with Crippen LogP contribution < -0.4 is 21.5 Å². The summed E-state index contributed by atoms with van der Waals surface area (Å²) in [5.41, 5.74) is 6.48. The number of aromatic nitrogens is 4. The first-order valence-electron chi connectivity index (χ1n) is 12.0. The first-order chi connectivity index (χ1) is 17.0. The van der Waals surface area contributed by atoms with Crippen LogP contribution in [0.5, 0.6) is 0 Å². The van der Waals surface area contributed by atoms with E-state index in [4.69, 9.17) is 15.2 Å². The van der Waals surface area contributed by atoms with Crippen LogP contribution in [0, 0.1) is 11.8 Å². The van der Waals surface area contributed by atoms with Gasteiger partial charge in [0.1, 0.15) is 22.9 Å². The van der Waals surface area contributed by atoms with Crippen LogP contribution >= 0.6 is 0 Å². The summed E-state index contributed by atoms with van der Waals surface area (Å²) in [7, 11) is 3.73. The van der Waals surface area contributed by atoms with Gasteiger partial charge in [-0.25, -0.2) is 4.98 Å². The fourth-order valence-electron chi connectivity index (χ4n) is 5.71. The number of nitrogens with zero attached hydrogens (tertiary/aromatic N) is 5. The van der Waals surface area contributed by atoms with Gasteiger partial charge in [-0.15, -0.1) is 0 Å². The van der Waals surface area contributed by atoms with Crippen LogP contribution in [-0.2, 0) is 9.47 Å². The molecule has 11 nitrogen and oxygen atoms in total. The van der Waals surface area contributed by atoms with Gasteiger partial charge in [0.05, 0.1) is 25.5 Å². The van der Waals surface area contributed by atoms with Crippen LogP contribution in [0.25, 0.3) is 5.65 Å². The number of carbonyl (C=O) groups is 1. The molecule has 2 aliphatic carbocycles. The highest BCUT2D eigenvalue weighted by Gasteiger charge is 2.55. The van der Waals surface area contributed by atoms with Crippen molar-refractivity contribution in [2.75, 3.05) is 37.6 Å². The number of hydrogen-bond donors (Lipinski definition) is 2. The molecule has 3 fully saturated rings. The molecule has 0 radical (unpaired) electrons. The number of rotatable bonds is 7. The van der Waals surface area contributed by atoms with Crippen molar-refractivity contribution in [2.45, 2.75) is 37.5 Å². The zero-order chi connectivity index (χ0) is 24.3. The lowest BCUT2D eigenvalue weighted by molar-refractivity contribution is 0.100. The molecule has 3 N–H and O–H groups in total. The fourth-order valence-corrected chi connectivity index (χ4v) is 5.71. The molecule has 1 saturated heterocycles. The van der Waals surface area contributed by atoms with Gasteiger partial charge in [-0.1, -0.05) is 0 Å². The Morgan fingerprint density at radius 1 is 1.31 bits per heavy atom. The summed E-state index contributed by atoms with van der Waals surface area (Å²) in [6.45, 7) is 1.41. The molecule has 6 rings (SSSR count). The maximum Gasteiger partial charge on any atom is 0.274 e. The van der Waals surface area contributed by atoms with Crippen LogP contribution in [0.15, 0.2) is 35.4 Å². The lowest BCUT2D eigenvalue weighted by Gasteiger charge is -2.27. The van der Waals surface area contributed by atoms with E-state index in [2.05, 4.69) is 20.3 Å². The molecule has 2 saturated carbocycles. The molecular weight excluding hydrogens is 450 g/mol. The summed E-state index contributed by atoms with van der Waals surface area (Å²) >= 11 is 0. The number of amides is 1. The van der Waals surface area contributed by atoms with Crippen molar-refractivity contribution in [3.05, 3.63) is 46.5 Å². The molecule has 4 heterocycles. The average Bonchev–Trinajstić information content (AvgIpc) is 3.32. The van der Waals surface area contributed by atoms with Gasteiger partial charge in [0.25, 0.3) is 11.5 Å². The number of carbonyl (C=O) groups excluding carboxylic acids is 1. The highest BCUT2D eigenvalue weighted by molar-refractivity contribution is 5.99. The largest absolute Gasteiger partial charge is 0.381 e. The van der Waals surface area contributed by atoms with Crippen molar-refractivity contribution in [1.29, 1.82) is 0 Å². The molecule has 184 valence electrons. The van der Waals surface area contributed by atoms with E-state index in [1.165, 1.54) is 6.20 Å². The van der Waals surface area contributed by atoms with Gasteiger partial charge in [0, 0.05) is 50.3 Å². The Bertz CT molecular complexity index is 1340. The minimum atomic E-state index is -0.608. The number of nitrogens with two attached hydrogens (primary N) is 1. The summed E-state index contributed by atoms with van der Waals surface area (Å²) in [5.74, 6) is 1.40. The van der Waals surface area contributed by atoms with Gasteiger partial charge in [-0.3, -0.25) is 9.59 Å². The second-order valence-corrected chi connectivity index (χ2v) is 9.71. The zero-order valence-corrected chi connectivity index (χ0v) is 19.8. The van der Waals surface area contributed by atoms with E-state index < -0.39 is 5.91 Å². The van der Waals surface area contributed by atoms with Crippen LogP contribution in [0.2, 0.25) is 0 Å². The SMILES string of the molecule is CO[C@H]1CC[C@H](N(C)c2cc(Nc3cccn(C4C5COCC54)c3=O)nc3c(C(N)=O)cnn23)C1. The van der Waals surface area contributed by atoms with E-state index in [1.807, 2.05) is 25.4 Å². The summed E-state index contributed by atoms with van der Waals surface area (Å²) in [6, 6.07) is 5.88. The van der Waals surface area contributed by atoms with Gasteiger partial charge >= 0.3 is 0 Å². The summed E-state index contributed by atoms with van der Waals surface area (Å²) in [6.07, 6.45) is 6.32. The second-order valence-electron chi connectivity index (χ2n) is 9.71. The highest BCUT2D eigenvalue weighted by Crippen LogP contribution is 2.53. The maximum absolute atomic E-state index is 13.3. The molecule has 0 spiro atoms. The van der Waals surface area contributed by atoms with Crippen molar-refractivity contribution in [2.24, 2.45) is 17.6 Å². The van der Waals surface area contributed by atoms with Crippen molar-refractivity contribution >= 4 is 28.9 Å². The molecule has 0 aromatic carbocycles. The molecule has 3 aromatic rings. The van der Waals surface area contributed by atoms with Crippen molar-refractivity contribution in [1.82, 2.24) is 19.2 Å². The van der Waals surface area contributed by atoms with Crippen LogP contribution in [0.1, 0.15) is 35.7 Å². The van der Waals surface area contributed by atoms with E-state index in [9.17, 15) is 9.59 Å². The normalized spacial score (nSPS) is 27.2. The molecule has 3 aliphatic rings. The smallest absolute Gasteiger partial charge is 0.274 e. The molecule has 11 heteroatoms. The van der Waals surface area contributed by atoms with Crippen LogP contribution in [-0.4, -0.2) is 64.6 Å². The lowest BCUT2D eigenvalue weighted by atomic mass is 10.2. The Morgan fingerprint density at radius 3 is 2.83 bits per heavy atom. The number of methoxy groups -OCH3 is 1. The standard InChI is InChI=1S/C24H29N7O4/c1-29(13-5-6-14(8-13)34-2)20-9-19(28-23-15(22(25)32)10-26-31(20)23)27-18-4-3-7-30(24(18)33)21-16-11-35-12-17(16)21/h3-4,7,9-10,13-14,16-17,21H,5-6,8,11-12H2,1-2H3,(H2,25,32)(H,27,28)/t13-,14-,16?,17?,21?/m0/s1. The number of anilines is 3. The molecule has 3 aromatic heterocycles. The van der Waals surface area contributed by atoms with Crippen molar-refractivity contribution in [3.63, 3.8) is 0 Å². The molecule has 35 heavy (non-hydrogen) atoms. The first-order valence-corrected chi connectivity index (χ1v) is 12.0. The Kier molecular flexibility index (Phi) is 5.26. The lowest BCUT2D eigenvalue weighted by Crippen LogP contribution is -2.32.